The van der Waals surface area contributed by atoms with E-state index < -0.39 is 11.6 Å². The van der Waals surface area contributed by atoms with Gasteiger partial charge in [-0.2, -0.15) is 0 Å². The standard InChI is InChI=1S/C31H27F2N3O2/c32-25-12-11-22(19-26(25)33)21-36-27-13-18-38-29(27)20-28(36)31(37)35-16-14-34(15-17-35)30(23-7-3-1-4-8-23)24-9-5-2-6-10-24/h1-13,18-20,30H,14-17,21H2. The topological polar surface area (TPSA) is 41.6 Å². The van der Waals surface area contributed by atoms with Crippen molar-refractivity contribution >= 4 is 17.0 Å². The molecule has 0 radical (unpaired) electrons. The van der Waals surface area contributed by atoms with Gasteiger partial charge in [0, 0.05) is 44.9 Å². The van der Waals surface area contributed by atoms with Gasteiger partial charge in [0.2, 0.25) is 0 Å². The molecule has 6 rings (SSSR count). The summed E-state index contributed by atoms with van der Waals surface area (Å²) >= 11 is 0. The summed E-state index contributed by atoms with van der Waals surface area (Å²) in [5.74, 6) is -1.91. The molecule has 3 aromatic carbocycles. The van der Waals surface area contributed by atoms with Crippen molar-refractivity contribution in [1.29, 1.82) is 0 Å². The number of nitrogens with zero attached hydrogens (tertiary/aromatic N) is 3. The average Bonchev–Trinajstić information content (AvgIpc) is 3.55. The molecule has 0 saturated carbocycles. The number of hydrogen-bond donors (Lipinski definition) is 0. The van der Waals surface area contributed by atoms with Gasteiger partial charge in [0.15, 0.2) is 17.2 Å². The van der Waals surface area contributed by atoms with Crippen LogP contribution in [0.1, 0.15) is 33.2 Å². The Morgan fingerprint density at radius 2 is 1.45 bits per heavy atom. The zero-order valence-corrected chi connectivity index (χ0v) is 20.8. The molecule has 0 spiro atoms. The first-order valence-corrected chi connectivity index (χ1v) is 12.7. The quantitative estimate of drug-likeness (QED) is 0.276. The maximum Gasteiger partial charge on any atom is 0.270 e. The smallest absolute Gasteiger partial charge is 0.270 e. The second-order valence-corrected chi connectivity index (χ2v) is 9.59. The lowest BCUT2D eigenvalue weighted by Crippen LogP contribution is -2.50. The van der Waals surface area contributed by atoms with Crippen LogP contribution in [0.15, 0.2) is 102 Å². The number of furan rings is 1. The number of carbonyl (C=O) groups is 1. The average molecular weight is 512 g/mol. The van der Waals surface area contributed by atoms with Crippen molar-refractivity contribution in [2.75, 3.05) is 26.2 Å². The number of piperazine rings is 1. The van der Waals surface area contributed by atoms with Crippen LogP contribution in [-0.4, -0.2) is 46.5 Å². The molecule has 5 nitrogen and oxygen atoms in total. The van der Waals surface area contributed by atoms with E-state index in [1.165, 1.54) is 23.3 Å². The Morgan fingerprint density at radius 3 is 2.08 bits per heavy atom. The van der Waals surface area contributed by atoms with E-state index in [4.69, 9.17) is 4.42 Å². The molecule has 1 aliphatic rings. The lowest BCUT2D eigenvalue weighted by atomic mass is 9.96. The van der Waals surface area contributed by atoms with E-state index in [-0.39, 0.29) is 18.5 Å². The SMILES string of the molecule is O=C(c1cc2occc2n1Cc1ccc(F)c(F)c1)N1CCN(C(c2ccccc2)c2ccccc2)CC1. The molecule has 38 heavy (non-hydrogen) atoms. The van der Waals surface area contributed by atoms with Gasteiger partial charge in [-0.15, -0.1) is 0 Å². The van der Waals surface area contributed by atoms with E-state index in [1.807, 2.05) is 21.6 Å². The van der Waals surface area contributed by atoms with Gasteiger partial charge < -0.3 is 13.9 Å². The van der Waals surface area contributed by atoms with E-state index in [2.05, 4.69) is 53.4 Å². The fraction of sp³-hybridized carbons (Fsp3) is 0.194. The normalized spacial score (nSPS) is 14.4. The monoisotopic (exact) mass is 511 g/mol. The fourth-order valence-corrected chi connectivity index (χ4v) is 5.38. The Labute approximate surface area is 219 Å². The highest BCUT2D eigenvalue weighted by Crippen LogP contribution is 2.30. The Balaban J connectivity index is 1.23. The molecule has 5 aromatic rings. The van der Waals surface area contributed by atoms with Crippen LogP contribution < -0.4 is 0 Å². The summed E-state index contributed by atoms with van der Waals surface area (Å²) in [6.45, 7) is 2.82. The Hall–Kier alpha value is -4.23. The number of benzene rings is 3. The third kappa shape index (κ3) is 4.61. The Kier molecular flexibility index (Phi) is 6.52. The Morgan fingerprint density at radius 1 is 0.789 bits per heavy atom. The Bertz CT molecular complexity index is 1510. The van der Waals surface area contributed by atoms with Crippen molar-refractivity contribution in [1.82, 2.24) is 14.4 Å². The van der Waals surface area contributed by atoms with E-state index in [0.29, 0.717) is 29.9 Å². The summed E-state index contributed by atoms with van der Waals surface area (Å²) in [5.41, 5.74) is 4.81. The van der Waals surface area contributed by atoms with Gasteiger partial charge in [-0.3, -0.25) is 9.69 Å². The molecule has 192 valence electrons. The minimum Gasteiger partial charge on any atom is -0.463 e. The van der Waals surface area contributed by atoms with Crippen molar-refractivity contribution < 1.29 is 18.0 Å². The summed E-state index contributed by atoms with van der Waals surface area (Å²) in [6.07, 6.45) is 1.56. The zero-order valence-electron chi connectivity index (χ0n) is 20.8. The van der Waals surface area contributed by atoms with Gasteiger partial charge in [0.05, 0.1) is 17.8 Å². The molecule has 0 unspecified atom stereocenters. The predicted molar refractivity (Wildman–Crippen MR) is 142 cm³/mol. The molecule has 0 N–H and O–H groups in total. The maximum absolute atomic E-state index is 13.9. The number of carbonyl (C=O) groups excluding carboxylic acids is 1. The predicted octanol–water partition coefficient (Wildman–Crippen LogP) is 6.11. The van der Waals surface area contributed by atoms with Gasteiger partial charge in [-0.05, 0) is 28.8 Å². The van der Waals surface area contributed by atoms with Crippen molar-refractivity contribution in [2.24, 2.45) is 0 Å². The van der Waals surface area contributed by atoms with Crippen molar-refractivity contribution in [3.8, 4) is 0 Å². The minimum atomic E-state index is -0.909. The van der Waals surface area contributed by atoms with E-state index >= 15 is 0 Å². The van der Waals surface area contributed by atoms with Crippen LogP contribution in [0.4, 0.5) is 8.78 Å². The van der Waals surface area contributed by atoms with Crippen molar-refractivity contribution in [3.05, 3.63) is 131 Å². The minimum absolute atomic E-state index is 0.102. The molecule has 0 atom stereocenters. The number of aromatic nitrogens is 1. The summed E-state index contributed by atoms with van der Waals surface area (Å²) in [7, 11) is 0. The number of halogens is 2. The molecule has 3 heterocycles. The highest BCUT2D eigenvalue weighted by molar-refractivity contribution is 5.97. The number of hydrogen-bond acceptors (Lipinski definition) is 3. The maximum atomic E-state index is 13.9. The molecular formula is C31H27F2N3O2. The summed E-state index contributed by atoms with van der Waals surface area (Å²) in [4.78, 5) is 18.0. The molecule has 1 aliphatic heterocycles. The molecule has 1 saturated heterocycles. The molecule has 1 fully saturated rings. The number of rotatable bonds is 6. The van der Waals surface area contributed by atoms with Crippen LogP contribution in [0.5, 0.6) is 0 Å². The van der Waals surface area contributed by atoms with Crippen LogP contribution in [0.25, 0.3) is 11.1 Å². The highest BCUT2D eigenvalue weighted by Gasteiger charge is 2.30. The number of amides is 1. The van der Waals surface area contributed by atoms with Gasteiger partial charge in [0.1, 0.15) is 5.69 Å². The summed E-state index contributed by atoms with van der Waals surface area (Å²) in [5, 5.41) is 0. The number of fused-ring (bicyclic) bond motifs is 1. The van der Waals surface area contributed by atoms with Crippen molar-refractivity contribution in [3.63, 3.8) is 0 Å². The third-order valence-electron chi connectivity index (χ3n) is 7.26. The third-order valence-corrected chi connectivity index (χ3v) is 7.26. The van der Waals surface area contributed by atoms with Crippen LogP contribution in [0.3, 0.4) is 0 Å². The molecule has 0 aliphatic carbocycles. The van der Waals surface area contributed by atoms with Gasteiger partial charge in [-0.1, -0.05) is 66.7 Å². The zero-order chi connectivity index (χ0) is 26.1. The van der Waals surface area contributed by atoms with Crippen LogP contribution in [-0.2, 0) is 6.54 Å². The molecule has 2 aromatic heterocycles. The summed E-state index contributed by atoms with van der Waals surface area (Å²) < 4.78 is 34.7. The van der Waals surface area contributed by atoms with Gasteiger partial charge >= 0.3 is 0 Å². The highest BCUT2D eigenvalue weighted by atomic mass is 19.2. The van der Waals surface area contributed by atoms with E-state index in [1.54, 1.807) is 18.4 Å². The molecular weight excluding hydrogens is 484 g/mol. The van der Waals surface area contributed by atoms with Crippen LogP contribution in [0, 0.1) is 11.6 Å². The molecule has 7 heteroatoms. The van der Waals surface area contributed by atoms with E-state index in [9.17, 15) is 13.6 Å². The molecule has 1 amide bonds. The second-order valence-electron chi connectivity index (χ2n) is 9.59. The largest absolute Gasteiger partial charge is 0.463 e. The summed E-state index contributed by atoms with van der Waals surface area (Å²) in [6, 6.07) is 28.3. The van der Waals surface area contributed by atoms with E-state index in [0.717, 1.165) is 24.7 Å². The first kappa shape index (κ1) is 24.1. The van der Waals surface area contributed by atoms with Crippen LogP contribution >= 0.6 is 0 Å². The lowest BCUT2D eigenvalue weighted by Gasteiger charge is -2.39. The lowest BCUT2D eigenvalue weighted by molar-refractivity contribution is 0.0588. The van der Waals surface area contributed by atoms with Crippen molar-refractivity contribution in [2.45, 2.75) is 12.6 Å². The first-order valence-electron chi connectivity index (χ1n) is 12.7. The molecule has 0 bridgehead atoms. The fourth-order valence-electron chi connectivity index (χ4n) is 5.38. The van der Waals surface area contributed by atoms with Gasteiger partial charge in [-0.25, -0.2) is 8.78 Å². The first-order chi connectivity index (χ1) is 18.6. The van der Waals surface area contributed by atoms with Gasteiger partial charge in [0.25, 0.3) is 5.91 Å². The second kappa shape index (κ2) is 10.3. The van der Waals surface area contributed by atoms with Crippen LogP contribution in [0.2, 0.25) is 0 Å².